The van der Waals surface area contributed by atoms with Crippen LogP contribution in [0.3, 0.4) is 0 Å². The number of carbonyl (C=O) groups excluding carboxylic acids is 3. The SMILES string of the molecule is CCOc1ccc(C(C(=O)NC2CCCCC2)N(C(=O)c2snc(C(N)=O)c2N)c2ccc3c(c2)OCO3)cc1. The van der Waals surface area contributed by atoms with Crippen LogP contribution in [0.1, 0.15) is 70.8 Å². The predicted molar refractivity (Wildman–Crippen MR) is 150 cm³/mol. The number of hydrogen-bond acceptors (Lipinski definition) is 9. The van der Waals surface area contributed by atoms with E-state index in [0.29, 0.717) is 35.1 Å². The molecular weight excluding hydrogens is 534 g/mol. The van der Waals surface area contributed by atoms with Gasteiger partial charge in [0.25, 0.3) is 11.8 Å². The predicted octanol–water partition coefficient (Wildman–Crippen LogP) is 3.79. The van der Waals surface area contributed by atoms with Gasteiger partial charge < -0.3 is 31.0 Å². The van der Waals surface area contributed by atoms with Crippen LogP contribution >= 0.6 is 11.5 Å². The first kappa shape index (κ1) is 27.3. The number of carbonyl (C=O) groups is 3. The van der Waals surface area contributed by atoms with Crippen LogP contribution in [0, 0.1) is 0 Å². The van der Waals surface area contributed by atoms with Gasteiger partial charge >= 0.3 is 0 Å². The van der Waals surface area contributed by atoms with Gasteiger partial charge in [0, 0.05) is 17.8 Å². The summed E-state index contributed by atoms with van der Waals surface area (Å²) in [4.78, 5) is 41.6. The molecule has 0 radical (unpaired) electrons. The molecule has 0 saturated heterocycles. The Kier molecular flexibility index (Phi) is 8.06. The Bertz CT molecular complexity index is 1400. The van der Waals surface area contributed by atoms with E-state index in [0.717, 1.165) is 43.6 Å². The number of primary amides is 1. The molecule has 0 spiro atoms. The van der Waals surface area contributed by atoms with Gasteiger partial charge in [-0.3, -0.25) is 19.3 Å². The molecule has 1 aliphatic heterocycles. The fourth-order valence-corrected chi connectivity index (χ4v) is 5.76. The number of fused-ring (bicyclic) bond motifs is 1. The summed E-state index contributed by atoms with van der Waals surface area (Å²) in [6, 6.07) is 10.9. The normalized spacial score (nSPS) is 15.3. The Balaban J connectivity index is 1.62. The van der Waals surface area contributed by atoms with Crippen molar-refractivity contribution in [3.63, 3.8) is 0 Å². The monoisotopic (exact) mass is 565 g/mol. The molecule has 1 saturated carbocycles. The highest BCUT2D eigenvalue weighted by atomic mass is 32.1. The summed E-state index contributed by atoms with van der Waals surface area (Å²) in [6.45, 7) is 2.41. The summed E-state index contributed by atoms with van der Waals surface area (Å²) in [5.74, 6) is -0.214. The van der Waals surface area contributed by atoms with Gasteiger partial charge in [-0.05, 0) is 61.1 Å². The third-order valence-electron chi connectivity index (χ3n) is 6.97. The minimum absolute atomic E-state index is 0.00454. The van der Waals surface area contributed by atoms with Crippen LogP contribution in [0.25, 0.3) is 0 Å². The van der Waals surface area contributed by atoms with Gasteiger partial charge in [-0.1, -0.05) is 31.4 Å². The van der Waals surface area contributed by atoms with Crippen molar-refractivity contribution in [1.29, 1.82) is 0 Å². The van der Waals surface area contributed by atoms with Crippen LogP contribution in [0.15, 0.2) is 42.5 Å². The minimum Gasteiger partial charge on any atom is -0.494 e. The Labute approximate surface area is 235 Å². The molecule has 210 valence electrons. The molecule has 40 heavy (non-hydrogen) atoms. The van der Waals surface area contributed by atoms with Gasteiger partial charge in [0.1, 0.15) is 16.7 Å². The number of ether oxygens (including phenoxy) is 3. The lowest BCUT2D eigenvalue weighted by Gasteiger charge is -2.33. The van der Waals surface area contributed by atoms with E-state index in [1.54, 1.807) is 42.5 Å². The van der Waals surface area contributed by atoms with E-state index < -0.39 is 17.9 Å². The second-order valence-electron chi connectivity index (χ2n) is 9.60. The Morgan fingerprint density at radius 2 is 1.82 bits per heavy atom. The Morgan fingerprint density at radius 3 is 2.50 bits per heavy atom. The van der Waals surface area contributed by atoms with Crippen molar-refractivity contribution in [2.75, 3.05) is 24.0 Å². The number of nitrogens with one attached hydrogen (secondary N) is 1. The molecule has 5 rings (SSSR count). The van der Waals surface area contributed by atoms with Crippen LogP contribution in [-0.4, -0.2) is 41.5 Å². The number of anilines is 2. The number of aromatic nitrogens is 1. The summed E-state index contributed by atoms with van der Waals surface area (Å²) in [7, 11) is 0. The van der Waals surface area contributed by atoms with Crippen LogP contribution in [0.5, 0.6) is 17.2 Å². The fraction of sp³-hybridized carbons (Fsp3) is 0.357. The van der Waals surface area contributed by atoms with E-state index in [1.807, 2.05) is 6.92 Å². The fourth-order valence-electron chi connectivity index (χ4n) is 5.01. The van der Waals surface area contributed by atoms with Gasteiger partial charge in [-0.15, -0.1) is 0 Å². The maximum atomic E-state index is 14.3. The molecule has 1 aliphatic carbocycles. The van der Waals surface area contributed by atoms with E-state index in [-0.39, 0.29) is 35.0 Å². The summed E-state index contributed by atoms with van der Waals surface area (Å²) in [5.41, 5.74) is 12.2. The number of nitrogens with zero attached hydrogens (tertiary/aromatic N) is 2. The van der Waals surface area contributed by atoms with Crippen LogP contribution in [0.4, 0.5) is 11.4 Å². The summed E-state index contributed by atoms with van der Waals surface area (Å²) < 4.78 is 20.6. The summed E-state index contributed by atoms with van der Waals surface area (Å²) >= 11 is 0.755. The lowest BCUT2D eigenvalue weighted by Crippen LogP contribution is -2.47. The highest BCUT2D eigenvalue weighted by Gasteiger charge is 2.37. The van der Waals surface area contributed by atoms with Crippen molar-refractivity contribution < 1.29 is 28.6 Å². The number of benzene rings is 2. The summed E-state index contributed by atoms with van der Waals surface area (Å²) in [6.07, 6.45) is 4.91. The van der Waals surface area contributed by atoms with E-state index in [1.165, 1.54) is 4.90 Å². The molecule has 2 heterocycles. The van der Waals surface area contributed by atoms with Gasteiger partial charge in [0.15, 0.2) is 17.2 Å². The minimum atomic E-state index is -1.09. The maximum Gasteiger partial charge on any atom is 0.273 e. The molecule has 1 fully saturated rings. The van der Waals surface area contributed by atoms with Crippen molar-refractivity contribution >= 4 is 40.6 Å². The zero-order valence-electron chi connectivity index (χ0n) is 22.1. The topological polar surface area (TPSA) is 159 Å². The first-order chi connectivity index (χ1) is 19.4. The Morgan fingerprint density at radius 1 is 1.10 bits per heavy atom. The molecule has 1 aromatic heterocycles. The third kappa shape index (κ3) is 5.53. The molecule has 2 aliphatic rings. The number of nitrogen functional groups attached to an aromatic ring is 1. The van der Waals surface area contributed by atoms with Crippen molar-refractivity contribution in [2.24, 2.45) is 5.73 Å². The van der Waals surface area contributed by atoms with E-state index in [4.69, 9.17) is 25.7 Å². The number of rotatable bonds is 9. The highest BCUT2D eigenvalue weighted by molar-refractivity contribution is 7.09. The third-order valence-corrected chi connectivity index (χ3v) is 7.82. The molecule has 1 atom stereocenters. The number of amides is 3. The van der Waals surface area contributed by atoms with Gasteiger partial charge in [0.05, 0.1) is 12.3 Å². The zero-order chi connectivity index (χ0) is 28.2. The van der Waals surface area contributed by atoms with E-state index in [9.17, 15) is 14.4 Å². The summed E-state index contributed by atoms with van der Waals surface area (Å²) in [5, 5.41) is 3.17. The molecule has 0 bridgehead atoms. The molecule has 2 aromatic carbocycles. The average molecular weight is 566 g/mol. The lowest BCUT2D eigenvalue weighted by atomic mass is 9.94. The second-order valence-corrected chi connectivity index (χ2v) is 10.4. The zero-order valence-corrected chi connectivity index (χ0v) is 22.9. The molecular formula is C28H31N5O6S. The molecule has 1 unspecified atom stereocenters. The van der Waals surface area contributed by atoms with E-state index in [2.05, 4.69) is 9.69 Å². The van der Waals surface area contributed by atoms with Crippen molar-refractivity contribution in [2.45, 2.75) is 51.1 Å². The number of nitrogens with two attached hydrogens (primary N) is 2. The molecule has 12 heteroatoms. The van der Waals surface area contributed by atoms with E-state index >= 15 is 0 Å². The van der Waals surface area contributed by atoms with Crippen LogP contribution in [0.2, 0.25) is 0 Å². The molecule has 3 amide bonds. The van der Waals surface area contributed by atoms with Crippen molar-refractivity contribution in [1.82, 2.24) is 9.69 Å². The van der Waals surface area contributed by atoms with Crippen molar-refractivity contribution in [3.8, 4) is 17.2 Å². The lowest BCUT2D eigenvalue weighted by molar-refractivity contribution is -0.123. The highest BCUT2D eigenvalue weighted by Crippen LogP contribution is 2.40. The Hall–Kier alpha value is -4.32. The van der Waals surface area contributed by atoms with Gasteiger partial charge in [-0.25, -0.2) is 0 Å². The van der Waals surface area contributed by atoms with Crippen LogP contribution in [-0.2, 0) is 4.79 Å². The van der Waals surface area contributed by atoms with Gasteiger partial charge in [-0.2, -0.15) is 4.37 Å². The van der Waals surface area contributed by atoms with Gasteiger partial charge in [0.2, 0.25) is 12.7 Å². The molecule has 11 nitrogen and oxygen atoms in total. The van der Waals surface area contributed by atoms with Crippen LogP contribution < -0.4 is 35.9 Å². The second kappa shape index (κ2) is 11.8. The largest absolute Gasteiger partial charge is 0.494 e. The molecule has 5 N–H and O–H groups in total. The number of hydrogen-bond donors (Lipinski definition) is 3. The standard InChI is InChI=1S/C28H31N5O6S/c1-2-37-19-11-8-16(9-12-19)24(27(35)31-17-6-4-3-5-7-17)33(18-10-13-20-21(14-18)39-15-38-20)28(36)25-22(29)23(26(30)34)32-40-25/h8-14,17,24H,2-7,15,29H2,1H3,(H2,30,34)(H,31,35). The first-order valence-corrected chi connectivity index (χ1v) is 14.0. The smallest absolute Gasteiger partial charge is 0.273 e. The first-order valence-electron chi connectivity index (χ1n) is 13.2. The van der Waals surface area contributed by atoms with Crippen molar-refractivity contribution in [3.05, 3.63) is 58.6 Å². The molecule has 3 aromatic rings. The quantitative estimate of drug-likeness (QED) is 0.353. The maximum absolute atomic E-state index is 14.3. The average Bonchev–Trinajstić information content (AvgIpc) is 3.58.